The normalized spacial score (nSPS) is 10.3. The SMILES string of the molecule is O=[N+]([O-])c1nc2cncnc2cc1O. The Morgan fingerprint density at radius 3 is 2.93 bits per heavy atom. The summed E-state index contributed by atoms with van der Waals surface area (Å²) in [5.74, 6) is -1.09. The van der Waals surface area contributed by atoms with Gasteiger partial charge in [0.25, 0.3) is 0 Å². The van der Waals surface area contributed by atoms with Crippen molar-refractivity contribution in [1.82, 2.24) is 15.0 Å². The second kappa shape index (κ2) is 2.87. The molecule has 70 valence electrons. The van der Waals surface area contributed by atoms with Crippen LogP contribution in [0.25, 0.3) is 11.0 Å². The second-order valence-electron chi connectivity index (χ2n) is 2.52. The van der Waals surface area contributed by atoms with Crippen LogP contribution in [0.4, 0.5) is 5.82 Å². The van der Waals surface area contributed by atoms with E-state index >= 15 is 0 Å². The molecule has 7 heteroatoms. The summed E-state index contributed by atoms with van der Waals surface area (Å²) in [5, 5.41) is 19.6. The van der Waals surface area contributed by atoms with Gasteiger partial charge in [0.2, 0.25) is 11.3 Å². The first-order valence-electron chi connectivity index (χ1n) is 3.62. The van der Waals surface area contributed by atoms with Gasteiger partial charge >= 0.3 is 5.82 Å². The molecule has 0 radical (unpaired) electrons. The molecule has 2 heterocycles. The summed E-state index contributed by atoms with van der Waals surface area (Å²) < 4.78 is 0. The summed E-state index contributed by atoms with van der Waals surface area (Å²) in [7, 11) is 0. The van der Waals surface area contributed by atoms with Crippen LogP contribution >= 0.6 is 0 Å². The highest BCUT2D eigenvalue weighted by Crippen LogP contribution is 2.25. The fourth-order valence-electron chi connectivity index (χ4n) is 1.03. The Kier molecular flexibility index (Phi) is 1.70. The van der Waals surface area contributed by atoms with Gasteiger partial charge in [0.05, 0.1) is 6.20 Å². The first-order chi connectivity index (χ1) is 6.68. The van der Waals surface area contributed by atoms with Crippen molar-refractivity contribution in [1.29, 1.82) is 0 Å². The van der Waals surface area contributed by atoms with E-state index in [2.05, 4.69) is 15.0 Å². The molecule has 2 aromatic heterocycles. The molecule has 2 aromatic rings. The number of hydrogen-bond donors (Lipinski definition) is 1. The molecule has 0 aliphatic carbocycles. The number of fused-ring (bicyclic) bond motifs is 1. The van der Waals surface area contributed by atoms with Crippen molar-refractivity contribution in [3.8, 4) is 5.75 Å². The van der Waals surface area contributed by atoms with Gasteiger partial charge in [0.1, 0.15) is 11.8 Å². The monoisotopic (exact) mass is 192 g/mol. The summed E-state index contributed by atoms with van der Waals surface area (Å²) in [5.41, 5.74) is 0.639. The molecule has 0 bridgehead atoms. The Labute approximate surface area is 77.2 Å². The standard InChI is InChI=1S/C7H4N4O3/c12-6-1-4-5(2-8-3-9-4)10-7(6)11(13)14/h1-3,12H. The summed E-state index contributed by atoms with van der Waals surface area (Å²) in [6.45, 7) is 0. The third kappa shape index (κ3) is 1.20. The minimum absolute atomic E-state index is 0.275. The van der Waals surface area contributed by atoms with Crippen molar-refractivity contribution < 1.29 is 10.0 Å². The lowest BCUT2D eigenvalue weighted by atomic mass is 10.3. The van der Waals surface area contributed by atoms with Crippen molar-refractivity contribution in [3.63, 3.8) is 0 Å². The van der Waals surface area contributed by atoms with Crippen LogP contribution in [0.2, 0.25) is 0 Å². The van der Waals surface area contributed by atoms with E-state index in [9.17, 15) is 15.2 Å². The minimum atomic E-state index is -0.762. The largest absolute Gasteiger partial charge is 0.501 e. The van der Waals surface area contributed by atoms with E-state index in [0.717, 1.165) is 0 Å². The van der Waals surface area contributed by atoms with E-state index < -0.39 is 16.5 Å². The highest BCUT2D eigenvalue weighted by molar-refractivity contribution is 5.76. The van der Waals surface area contributed by atoms with Gasteiger partial charge < -0.3 is 15.2 Å². The third-order valence-electron chi connectivity index (χ3n) is 1.62. The molecule has 0 aliphatic rings. The van der Waals surface area contributed by atoms with E-state index in [0.29, 0.717) is 5.52 Å². The average Bonchev–Trinajstić information content (AvgIpc) is 2.16. The topological polar surface area (TPSA) is 102 Å². The van der Waals surface area contributed by atoms with Crippen LogP contribution in [0.3, 0.4) is 0 Å². The number of nitrogens with zero attached hydrogens (tertiary/aromatic N) is 4. The predicted molar refractivity (Wildman–Crippen MR) is 45.7 cm³/mol. The van der Waals surface area contributed by atoms with Gasteiger partial charge in [-0.25, -0.2) is 9.97 Å². The predicted octanol–water partition coefficient (Wildman–Crippen LogP) is 0.639. The van der Waals surface area contributed by atoms with E-state index in [4.69, 9.17) is 0 Å². The lowest BCUT2D eigenvalue weighted by Gasteiger charge is -1.96. The maximum Gasteiger partial charge on any atom is 0.406 e. The maximum absolute atomic E-state index is 10.4. The fourth-order valence-corrected chi connectivity index (χ4v) is 1.03. The quantitative estimate of drug-likeness (QED) is 0.525. The molecule has 0 saturated carbocycles. The van der Waals surface area contributed by atoms with Crippen molar-refractivity contribution >= 4 is 16.9 Å². The first-order valence-corrected chi connectivity index (χ1v) is 3.62. The molecule has 0 spiro atoms. The molecule has 0 fully saturated rings. The molecule has 7 nitrogen and oxygen atoms in total. The molecule has 0 saturated heterocycles. The Morgan fingerprint density at radius 2 is 2.21 bits per heavy atom. The second-order valence-corrected chi connectivity index (χ2v) is 2.52. The summed E-state index contributed by atoms with van der Waals surface area (Å²) in [6.07, 6.45) is 2.62. The molecular weight excluding hydrogens is 188 g/mol. The van der Waals surface area contributed by atoms with Gasteiger partial charge in [-0.1, -0.05) is 0 Å². The lowest BCUT2D eigenvalue weighted by molar-refractivity contribution is -0.390. The Morgan fingerprint density at radius 1 is 1.43 bits per heavy atom. The van der Waals surface area contributed by atoms with Gasteiger partial charge in [0.15, 0.2) is 0 Å². The molecule has 14 heavy (non-hydrogen) atoms. The molecular formula is C7H4N4O3. The van der Waals surface area contributed by atoms with Crippen LogP contribution in [0.1, 0.15) is 0 Å². The number of pyridine rings is 1. The molecule has 1 N–H and O–H groups in total. The number of aromatic hydroxyl groups is 1. The maximum atomic E-state index is 10.4. The zero-order valence-corrected chi connectivity index (χ0v) is 6.78. The van der Waals surface area contributed by atoms with Crippen LogP contribution in [-0.2, 0) is 0 Å². The van der Waals surface area contributed by atoms with Crippen LogP contribution in [0.5, 0.6) is 5.75 Å². The van der Waals surface area contributed by atoms with Gasteiger partial charge in [-0.2, -0.15) is 0 Å². The van der Waals surface area contributed by atoms with E-state index in [-0.39, 0.29) is 5.52 Å². The number of aromatic nitrogens is 3. The number of rotatable bonds is 1. The minimum Gasteiger partial charge on any atom is -0.501 e. The van der Waals surface area contributed by atoms with E-state index in [1.165, 1.54) is 18.6 Å². The first kappa shape index (κ1) is 8.30. The van der Waals surface area contributed by atoms with Crippen LogP contribution < -0.4 is 0 Å². The molecule has 0 unspecified atom stereocenters. The highest BCUT2D eigenvalue weighted by atomic mass is 16.6. The zero-order valence-electron chi connectivity index (χ0n) is 6.78. The van der Waals surface area contributed by atoms with E-state index in [1.807, 2.05) is 0 Å². The fraction of sp³-hybridized carbons (Fsp3) is 0. The number of hydrogen-bond acceptors (Lipinski definition) is 6. The van der Waals surface area contributed by atoms with Crippen molar-refractivity contribution in [3.05, 3.63) is 28.7 Å². The summed E-state index contributed by atoms with van der Waals surface area (Å²) in [6, 6.07) is 1.18. The van der Waals surface area contributed by atoms with Crippen LogP contribution in [-0.4, -0.2) is 25.0 Å². The van der Waals surface area contributed by atoms with Gasteiger partial charge in [-0.3, -0.25) is 0 Å². The summed E-state index contributed by atoms with van der Waals surface area (Å²) in [4.78, 5) is 20.7. The smallest absolute Gasteiger partial charge is 0.406 e. The van der Waals surface area contributed by atoms with Crippen LogP contribution in [0, 0.1) is 10.1 Å². The van der Waals surface area contributed by atoms with Gasteiger partial charge in [-0.15, -0.1) is 0 Å². The third-order valence-corrected chi connectivity index (χ3v) is 1.62. The van der Waals surface area contributed by atoms with Crippen molar-refractivity contribution in [2.24, 2.45) is 0 Å². The summed E-state index contributed by atoms with van der Waals surface area (Å²) >= 11 is 0. The molecule has 0 amide bonds. The highest BCUT2D eigenvalue weighted by Gasteiger charge is 2.17. The van der Waals surface area contributed by atoms with Gasteiger partial charge in [0, 0.05) is 6.07 Å². The molecule has 0 atom stereocenters. The van der Waals surface area contributed by atoms with Crippen molar-refractivity contribution in [2.45, 2.75) is 0 Å². The Balaban J connectivity index is 2.77. The van der Waals surface area contributed by atoms with Gasteiger partial charge in [-0.05, 0) is 9.91 Å². The van der Waals surface area contributed by atoms with E-state index in [1.54, 1.807) is 0 Å². The number of nitro groups is 1. The Hall–Kier alpha value is -2.31. The molecule has 2 rings (SSSR count). The Bertz CT molecular complexity index is 513. The lowest BCUT2D eigenvalue weighted by Crippen LogP contribution is -1.94. The zero-order chi connectivity index (χ0) is 10.1. The van der Waals surface area contributed by atoms with Crippen LogP contribution in [0.15, 0.2) is 18.6 Å². The molecule has 0 aliphatic heterocycles. The average molecular weight is 192 g/mol. The molecule has 0 aromatic carbocycles. The van der Waals surface area contributed by atoms with Crippen molar-refractivity contribution in [2.75, 3.05) is 0 Å².